The maximum absolute atomic E-state index is 13.7. The van der Waals surface area contributed by atoms with E-state index >= 15 is 0 Å². The van der Waals surface area contributed by atoms with Crippen LogP contribution in [-0.4, -0.2) is 40.4 Å². The van der Waals surface area contributed by atoms with Gasteiger partial charge in [0.05, 0.1) is 17.6 Å². The van der Waals surface area contributed by atoms with Crippen molar-refractivity contribution in [2.75, 3.05) is 19.6 Å². The third-order valence-electron chi connectivity index (χ3n) is 5.32. The molecule has 1 aliphatic rings. The van der Waals surface area contributed by atoms with Gasteiger partial charge in [-0.3, -0.25) is 9.69 Å². The van der Waals surface area contributed by atoms with Gasteiger partial charge in [0.1, 0.15) is 11.6 Å². The molecular formula is C22H25FN4O. The summed E-state index contributed by atoms with van der Waals surface area (Å²) < 4.78 is 13.7. The van der Waals surface area contributed by atoms with Crippen molar-refractivity contribution in [2.24, 2.45) is 5.92 Å². The number of amides is 1. The van der Waals surface area contributed by atoms with E-state index in [1.54, 1.807) is 18.2 Å². The van der Waals surface area contributed by atoms with Gasteiger partial charge >= 0.3 is 0 Å². The normalized spacial score (nSPS) is 17.7. The summed E-state index contributed by atoms with van der Waals surface area (Å²) in [5.41, 5.74) is 2.58. The van der Waals surface area contributed by atoms with Crippen molar-refractivity contribution in [3.05, 3.63) is 65.7 Å². The number of hydrogen-bond acceptors (Lipinski definition) is 3. The molecule has 4 rings (SSSR count). The molecular weight excluding hydrogens is 355 g/mol. The molecule has 146 valence electrons. The Labute approximate surface area is 164 Å². The van der Waals surface area contributed by atoms with Crippen LogP contribution in [0.3, 0.4) is 0 Å². The van der Waals surface area contributed by atoms with Gasteiger partial charge in [0.25, 0.3) is 0 Å². The second-order valence-corrected chi connectivity index (χ2v) is 7.52. The Morgan fingerprint density at radius 3 is 2.89 bits per heavy atom. The largest absolute Gasteiger partial charge is 0.351 e. The van der Waals surface area contributed by atoms with Gasteiger partial charge in [-0.25, -0.2) is 9.37 Å². The van der Waals surface area contributed by atoms with E-state index in [9.17, 15) is 9.18 Å². The molecule has 2 N–H and O–H groups in total. The summed E-state index contributed by atoms with van der Waals surface area (Å²) in [7, 11) is 0. The number of aromatic nitrogens is 2. The van der Waals surface area contributed by atoms with E-state index in [1.165, 1.54) is 6.07 Å². The summed E-state index contributed by atoms with van der Waals surface area (Å²) in [6.07, 6.45) is 3.11. The molecule has 1 saturated heterocycles. The first kappa shape index (κ1) is 18.6. The minimum atomic E-state index is -0.285. The number of para-hydroxylation sites is 2. The number of likely N-dealkylation sites (tertiary alicyclic amines) is 1. The number of benzene rings is 2. The number of nitrogens with one attached hydrogen (secondary N) is 2. The first-order chi connectivity index (χ1) is 13.7. The summed E-state index contributed by atoms with van der Waals surface area (Å²) in [5, 5.41) is 2.83. The number of hydrogen-bond donors (Lipinski definition) is 2. The first-order valence-corrected chi connectivity index (χ1v) is 9.83. The molecule has 5 nitrogen and oxygen atoms in total. The van der Waals surface area contributed by atoms with E-state index in [4.69, 9.17) is 0 Å². The Hall–Kier alpha value is -2.73. The van der Waals surface area contributed by atoms with Gasteiger partial charge in [-0.1, -0.05) is 30.3 Å². The molecule has 0 spiro atoms. The highest BCUT2D eigenvalue weighted by atomic mass is 19.1. The third kappa shape index (κ3) is 4.57. The van der Waals surface area contributed by atoms with E-state index in [0.717, 1.165) is 49.2 Å². The van der Waals surface area contributed by atoms with Crippen LogP contribution in [0, 0.1) is 11.7 Å². The average molecular weight is 380 g/mol. The minimum Gasteiger partial charge on any atom is -0.351 e. The molecule has 0 saturated carbocycles. The Kier molecular flexibility index (Phi) is 5.67. The van der Waals surface area contributed by atoms with Crippen LogP contribution in [0.15, 0.2) is 48.5 Å². The van der Waals surface area contributed by atoms with Crippen molar-refractivity contribution >= 4 is 16.9 Å². The van der Waals surface area contributed by atoms with E-state index < -0.39 is 0 Å². The first-order valence-electron chi connectivity index (χ1n) is 9.83. The van der Waals surface area contributed by atoms with Crippen LogP contribution in [-0.2, 0) is 17.8 Å². The van der Waals surface area contributed by atoms with E-state index in [-0.39, 0.29) is 18.3 Å². The summed E-state index contributed by atoms with van der Waals surface area (Å²) in [5.74, 6) is 1.14. The molecule has 28 heavy (non-hydrogen) atoms. The number of carbonyl (C=O) groups excluding carboxylic acids is 1. The molecule has 0 aliphatic carbocycles. The number of carbonyl (C=O) groups is 1. The van der Waals surface area contributed by atoms with Crippen LogP contribution in [0.5, 0.6) is 0 Å². The van der Waals surface area contributed by atoms with Crippen molar-refractivity contribution in [1.82, 2.24) is 20.2 Å². The van der Waals surface area contributed by atoms with Crippen LogP contribution in [0.1, 0.15) is 24.2 Å². The lowest BCUT2D eigenvalue weighted by Gasteiger charge is -2.31. The number of imidazole rings is 1. The zero-order valence-corrected chi connectivity index (χ0v) is 15.8. The maximum atomic E-state index is 13.7. The van der Waals surface area contributed by atoms with E-state index in [1.807, 2.05) is 24.3 Å². The molecule has 2 aromatic carbocycles. The molecule has 1 unspecified atom stereocenters. The number of H-pyrrole nitrogens is 1. The molecule has 1 atom stereocenters. The number of aromatic amines is 1. The molecule has 2 heterocycles. The summed E-state index contributed by atoms with van der Waals surface area (Å²) in [6.45, 7) is 2.38. The monoisotopic (exact) mass is 380 g/mol. The zero-order chi connectivity index (χ0) is 19.3. The standard InChI is InChI=1S/C22H25FN4O/c23-18-8-2-1-7-17(18)13-24-22(28)15-27-11-5-6-16(14-27)12-21-25-19-9-3-4-10-20(19)26-21/h1-4,7-10,16H,5-6,11-15H2,(H,24,28)(H,25,26). The summed E-state index contributed by atoms with van der Waals surface area (Å²) in [4.78, 5) is 22.5. The number of halogens is 1. The topological polar surface area (TPSA) is 61.0 Å². The van der Waals surface area contributed by atoms with Gasteiger partial charge in [-0.2, -0.15) is 0 Å². The van der Waals surface area contributed by atoms with Gasteiger partial charge in [0.2, 0.25) is 5.91 Å². The quantitative estimate of drug-likeness (QED) is 0.690. The number of nitrogens with zero attached hydrogens (tertiary/aromatic N) is 2. The van der Waals surface area contributed by atoms with Crippen LogP contribution < -0.4 is 5.32 Å². The Morgan fingerprint density at radius 2 is 2.04 bits per heavy atom. The molecule has 1 aliphatic heterocycles. The fraction of sp³-hybridized carbons (Fsp3) is 0.364. The fourth-order valence-corrected chi connectivity index (χ4v) is 3.93. The van der Waals surface area contributed by atoms with Crippen molar-refractivity contribution in [1.29, 1.82) is 0 Å². The van der Waals surface area contributed by atoms with Crippen LogP contribution in [0.2, 0.25) is 0 Å². The highest BCUT2D eigenvalue weighted by Crippen LogP contribution is 2.21. The predicted molar refractivity (Wildman–Crippen MR) is 107 cm³/mol. The molecule has 3 aromatic rings. The minimum absolute atomic E-state index is 0.0624. The Bertz CT molecular complexity index is 921. The van der Waals surface area contributed by atoms with Crippen molar-refractivity contribution in [3.8, 4) is 0 Å². The summed E-state index contributed by atoms with van der Waals surface area (Å²) >= 11 is 0. The van der Waals surface area contributed by atoms with Gasteiger partial charge in [-0.15, -0.1) is 0 Å². The third-order valence-corrected chi connectivity index (χ3v) is 5.32. The molecule has 0 radical (unpaired) electrons. The van der Waals surface area contributed by atoms with Gasteiger partial charge < -0.3 is 10.3 Å². The lowest BCUT2D eigenvalue weighted by molar-refractivity contribution is -0.122. The van der Waals surface area contributed by atoms with Gasteiger partial charge in [-0.05, 0) is 43.5 Å². The number of fused-ring (bicyclic) bond motifs is 1. The zero-order valence-electron chi connectivity index (χ0n) is 15.8. The molecule has 6 heteroatoms. The summed E-state index contributed by atoms with van der Waals surface area (Å²) in [6, 6.07) is 14.6. The van der Waals surface area contributed by atoms with E-state index in [0.29, 0.717) is 18.0 Å². The Balaban J connectivity index is 1.28. The van der Waals surface area contributed by atoms with Gasteiger partial charge in [0.15, 0.2) is 0 Å². The van der Waals surface area contributed by atoms with Crippen LogP contribution in [0.4, 0.5) is 4.39 Å². The molecule has 1 aromatic heterocycles. The van der Waals surface area contributed by atoms with Crippen molar-refractivity contribution in [3.63, 3.8) is 0 Å². The Morgan fingerprint density at radius 1 is 1.21 bits per heavy atom. The second-order valence-electron chi connectivity index (χ2n) is 7.52. The smallest absolute Gasteiger partial charge is 0.234 e. The lowest BCUT2D eigenvalue weighted by Crippen LogP contribution is -2.42. The highest BCUT2D eigenvalue weighted by Gasteiger charge is 2.23. The van der Waals surface area contributed by atoms with Crippen molar-refractivity contribution < 1.29 is 9.18 Å². The lowest BCUT2D eigenvalue weighted by atomic mass is 9.94. The van der Waals surface area contributed by atoms with Crippen LogP contribution >= 0.6 is 0 Å². The average Bonchev–Trinajstić information content (AvgIpc) is 3.10. The predicted octanol–water partition coefficient (Wildman–Crippen LogP) is 3.27. The van der Waals surface area contributed by atoms with E-state index in [2.05, 4.69) is 20.2 Å². The second kappa shape index (κ2) is 8.52. The highest BCUT2D eigenvalue weighted by molar-refractivity contribution is 5.78. The SMILES string of the molecule is O=C(CN1CCCC(Cc2nc3ccccc3[nH]2)C1)NCc1ccccc1F. The van der Waals surface area contributed by atoms with Crippen LogP contribution in [0.25, 0.3) is 11.0 Å². The number of rotatable bonds is 6. The maximum Gasteiger partial charge on any atom is 0.234 e. The van der Waals surface area contributed by atoms with Gasteiger partial charge in [0, 0.05) is 25.1 Å². The molecule has 1 amide bonds. The van der Waals surface area contributed by atoms with Crippen molar-refractivity contribution in [2.45, 2.75) is 25.8 Å². The number of piperidine rings is 1. The molecule has 0 bridgehead atoms. The fourth-order valence-electron chi connectivity index (χ4n) is 3.93. The molecule has 1 fully saturated rings.